The minimum atomic E-state index is -0.664. The lowest BCUT2D eigenvalue weighted by atomic mass is 10.0. The minimum Gasteiger partial charge on any atom is -0.466 e. The van der Waals surface area contributed by atoms with Gasteiger partial charge in [0.2, 0.25) is 5.91 Å². The predicted octanol–water partition coefficient (Wildman–Crippen LogP) is 21.8. The maximum atomic E-state index is 12.5. The smallest absolute Gasteiger partial charge is 0.305 e. The molecule has 0 aromatic rings. The third kappa shape index (κ3) is 60.1. The van der Waals surface area contributed by atoms with E-state index in [0.29, 0.717) is 25.9 Å². The molecule has 1 amide bonds. The van der Waals surface area contributed by atoms with E-state index in [1.807, 2.05) is 0 Å². The molecule has 0 bridgehead atoms. The summed E-state index contributed by atoms with van der Waals surface area (Å²) in [7, 11) is 0. The van der Waals surface area contributed by atoms with Crippen LogP contribution in [0.3, 0.4) is 0 Å². The molecular formula is C68H135NO5. The number of aliphatic hydroxyl groups is 2. The highest BCUT2D eigenvalue weighted by Gasteiger charge is 2.20. The van der Waals surface area contributed by atoms with Crippen LogP contribution in [0.4, 0.5) is 0 Å². The van der Waals surface area contributed by atoms with Crippen molar-refractivity contribution < 1.29 is 24.5 Å². The summed E-state index contributed by atoms with van der Waals surface area (Å²) in [5, 5.41) is 23.4. The summed E-state index contributed by atoms with van der Waals surface area (Å²) in [5.74, 6) is -0.0128. The van der Waals surface area contributed by atoms with Crippen molar-refractivity contribution in [3.8, 4) is 0 Å². The fraction of sp³-hybridized carbons (Fsp3) is 0.971. The Morgan fingerprint density at radius 1 is 0.324 bits per heavy atom. The van der Waals surface area contributed by atoms with Gasteiger partial charge < -0.3 is 20.3 Å². The molecule has 0 aliphatic carbocycles. The maximum Gasteiger partial charge on any atom is 0.305 e. The summed E-state index contributed by atoms with van der Waals surface area (Å²) in [4.78, 5) is 24.6. The van der Waals surface area contributed by atoms with E-state index in [9.17, 15) is 19.8 Å². The van der Waals surface area contributed by atoms with Crippen LogP contribution < -0.4 is 5.32 Å². The number of rotatable bonds is 65. The van der Waals surface area contributed by atoms with E-state index in [4.69, 9.17) is 4.74 Å². The Labute approximate surface area is 464 Å². The molecular weight excluding hydrogens is 911 g/mol. The lowest BCUT2D eigenvalue weighted by Crippen LogP contribution is -2.45. The molecule has 0 spiro atoms. The summed E-state index contributed by atoms with van der Waals surface area (Å²) < 4.78 is 5.49. The fourth-order valence-electron chi connectivity index (χ4n) is 11.2. The topological polar surface area (TPSA) is 95.9 Å². The molecule has 0 aliphatic rings. The third-order valence-electron chi connectivity index (χ3n) is 16.4. The second kappa shape index (κ2) is 64.4. The van der Waals surface area contributed by atoms with E-state index in [2.05, 4.69) is 19.2 Å². The second-order valence-electron chi connectivity index (χ2n) is 23.9. The van der Waals surface area contributed by atoms with Crippen molar-refractivity contribution in [2.24, 2.45) is 0 Å². The van der Waals surface area contributed by atoms with Crippen molar-refractivity contribution in [3.05, 3.63) is 0 Å². The quantitative estimate of drug-likeness (QED) is 0.0417. The summed E-state index contributed by atoms with van der Waals surface area (Å²) >= 11 is 0. The van der Waals surface area contributed by atoms with Gasteiger partial charge in [0.05, 0.1) is 25.4 Å². The second-order valence-corrected chi connectivity index (χ2v) is 23.9. The predicted molar refractivity (Wildman–Crippen MR) is 324 cm³/mol. The average molecular weight is 1050 g/mol. The molecule has 442 valence electrons. The molecule has 0 aromatic carbocycles. The number of ether oxygens (including phenoxy) is 1. The number of aliphatic hydroxyl groups excluding tert-OH is 2. The van der Waals surface area contributed by atoms with Crippen molar-refractivity contribution in [2.45, 2.75) is 411 Å². The first-order valence-electron chi connectivity index (χ1n) is 34.3. The van der Waals surface area contributed by atoms with Gasteiger partial charge in [-0.15, -0.1) is 0 Å². The molecule has 6 nitrogen and oxygen atoms in total. The molecule has 0 saturated carbocycles. The van der Waals surface area contributed by atoms with Gasteiger partial charge >= 0.3 is 5.97 Å². The Kier molecular flexibility index (Phi) is 63.4. The van der Waals surface area contributed by atoms with Crippen LogP contribution in [0.1, 0.15) is 399 Å². The van der Waals surface area contributed by atoms with Crippen LogP contribution in [0, 0.1) is 0 Å². The highest BCUT2D eigenvalue weighted by atomic mass is 16.5. The molecule has 0 aromatic heterocycles. The van der Waals surface area contributed by atoms with E-state index >= 15 is 0 Å². The Morgan fingerprint density at radius 3 is 0.824 bits per heavy atom. The number of carbonyl (C=O) groups excluding carboxylic acids is 2. The monoisotopic (exact) mass is 1050 g/mol. The van der Waals surface area contributed by atoms with E-state index in [0.717, 1.165) is 38.5 Å². The number of nitrogens with one attached hydrogen (secondary N) is 1. The standard InChI is InChI=1S/C68H135NO5/c1-3-5-7-9-11-13-15-17-19-20-21-24-27-30-33-36-40-44-48-52-56-60-66(71)65(64-70)69-67(72)61-57-53-49-45-41-37-34-31-28-25-22-23-26-29-32-35-39-43-47-51-55-59-63-74-68(73)62-58-54-50-46-42-38-18-16-14-12-10-8-6-4-2/h65-66,70-71H,3-64H2,1-2H3,(H,69,72). The molecule has 0 fully saturated rings. The number of amides is 1. The van der Waals surface area contributed by atoms with Crippen molar-refractivity contribution >= 4 is 11.9 Å². The molecule has 0 heterocycles. The Bertz CT molecular complexity index is 1070. The Morgan fingerprint density at radius 2 is 0.554 bits per heavy atom. The number of hydrogen-bond acceptors (Lipinski definition) is 5. The summed E-state index contributed by atoms with van der Waals surface area (Å²) in [6.45, 7) is 5.00. The zero-order valence-corrected chi connectivity index (χ0v) is 50.6. The molecule has 2 unspecified atom stereocenters. The Hall–Kier alpha value is -1.14. The average Bonchev–Trinajstić information content (AvgIpc) is 3.40. The molecule has 3 N–H and O–H groups in total. The fourth-order valence-corrected chi connectivity index (χ4v) is 11.2. The lowest BCUT2D eigenvalue weighted by Gasteiger charge is -2.22. The molecule has 0 saturated heterocycles. The highest BCUT2D eigenvalue weighted by molar-refractivity contribution is 5.76. The van der Waals surface area contributed by atoms with Gasteiger partial charge in [-0.25, -0.2) is 0 Å². The van der Waals surface area contributed by atoms with Gasteiger partial charge in [0.1, 0.15) is 0 Å². The highest BCUT2D eigenvalue weighted by Crippen LogP contribution is 2.19. The number of unbranched alkanes of at least 4 members (excludes halogenated alkanes) is 54. The van der Waals surface area contributed by atoms with Crippen LogP contribution >= 0.6 is 0 Å². The van der Waals surface area contributed by atoms with Crippen LogP contribution in [-0.4, -0.2) is 47.4 Å². The van der Waals surface area contributed by atoms with Gasteiger partial charge in [-0.2, -0.15) is 0 Å². The maximum absolute atomic E-state index is 12.5. The molecule has 6 heteroatoms. The molecule has 0 aliphatic heterocycles. The van der Waals surface area contributed by atoms with Crippen molar-refractivity contribution in [2.75, 3.05) is 13.2 Å². The zero-order valence-electron chi connectivity index (χ0n) is 50.6. The molecule has 2 atom stereocenters. The molecule has 74 heavy (non-hydrogen) atoms. The van der Waals surface area contributed by atoms with Crippen molar-refractivity contribution in [3.63, 3.8) is 0 Å². The van der Waals surface area contributed by atoms with Gasteiger partial charge in [-0.3, -0.25) is 9.59 Å². The van der Waals surface area contributed by atoms with Gasteiger partial charge in [0.15, 0.2) is 0 Å². The van der Waals surface area contributed by atoms with Gasteiger partial charge in [-0.1, -0.05) is 361 Å². The largest absolute Gasteiger partial charge is 0.466 e. The first-order chi connectivity index (χ1) is 36.5. The summed E-state index contributed by atoms with van der Waals surface area (Å²) in [5.41, 5.74) is 0. The number of hydrogen-bond donors (Lipinski definition) is 3. The van der Waals surface area contributed by atoms with E-state index in [1.165, 1.54) is 327 Å². The van der Waals surface area contributed by atoms with Gasteiger partial charge in [-0.05, 0) is 25.7 Å². The van der Waals surface area contributed by atoms with E-state index in [-0.39, 0.29) is 18.5 Å². The molecule has 0 radical (unpaired) electrons. The van der Waals surface area contributed by atoms with Gasteiger partial charge in [0.25, 0.3) is 0 Å². The zero-order chi connectivity index (χ0) is 53.6. The van der Waals surface area contributed by atoms with Gasteiger partial charge in [0, 0.05) is 12.8 Å². The minimum absolute atomic E-state index is 0.0170. The van der Waals surface area contributed by atoms with Crippen LogP contribution in [-0.2, 0) is 14.3 Å². The van der Waals surface area contributed by atoms with Crippen LogP contribution in [0.15, 0.2) is 0 Å². The Balaban J connectivity index is 3.37. The van der Waals surface area contributed by atoms with Crippen LogP contribution in [0.25, 0.3) is 0 Å². The summed E-state index contributed by atoms with van der Waals surface area (Å²) in [6, 6.07) is -0.541. The van der Waals surface area contributed by atoms with E-state index < -0.39 is 12.1 Å². The molecule has 0 rings (SSSR count). The van der Waals surface area contributed by atoms with Crippen molar-refractivity contribution in [1.82, 2.24) is 5.32 Å². The third-order valence-corrected chi connectivity index (χ3v) is 16.4. The van der Waals surface area contributed by atoms with Crippen molar-refractivity contribution in [1.29, 1.82) is 0 Å². The van der Waals surface area contributed by atoms with E-state index in [1.54, 1.807) is 0 Å². The summed E-state index contributed by atoms with van der Waals surface area (Å²) in [6.07, 6.45) is 77.1. The number of esters is 1. The first kappa shape index (κ1) is 72.9. The normalized spacial score (nSPS) is 12.4. The first-order valence-corrected chi connectivity index (χ1v) is 34.3. The van der Waals surface area contributed by atoms with Crippen LogP contribution in [0.5, 0.6) is 0 Å². The lowest BCUT2D eigenvalue weighted by molar-refractivity contribution is -0.143. The SMILES string of the molecule is CCCCCCCCCCCCCCCCCCCCCCCC(O)C(CO)NC(=O)CCCCCCCCCCCCCCCCCCCCCCCCOC(=O)CCCCCCCCCCCCCCCC. The number of carbonyl (C=O) groups is 2. The van der Waals surface area contributed by atoms with Crippen LogP contribution in [0.2, 0.25) is 0 Å².